The molecule has 0 spiro atoms. The van der Waals surface area contributed by atoms with Crippen molar-refractivity contribution < 1.29 is 18.0 Å². The fraction of sp³-hybridized carbons (Fsp3) is 0.250. The third-order valence-electron chi connectivity index (χ3n) is 4.31. The predicted molar refractivity (Wildman–Crippen MR) is 107 cm³/mol. The van der Waals surface area contributed by atoms with Crippen molar-refractivity contribution in [3.8, 4) is 0 Å². The number of amides is 1. The van der Waals surface area contributed by atoms with Crippen molar-refractivity contribution in [2.24, 2.45) is 0 Å². The van der Waals surface area contributed by atoms with Crippen LogP contribution in [0.25, 0.3) is 6.08 Å². The summed E-state index contributed by atoms with van der Waals surface area (Å²) in [5, 5.41) is 2.71. The molecule has 0 aliphatic rings. The van der Waals surface area contributed by atoms with E-state index in [1.54, 1.807) is 6.08 Å². The Morgan fingerprint density at radius 2 is 1.63 bits per heavy atom. The number of carbonyl (C=O) groups excluding carboxylic acids is 1. The van der Waals surface area contributed by atoms with Crippen LogP contribution in [0.4, 0.5) is 5.69 Å². The van der Waals surface area contributed by atoms with Crippen LogP contribution in [0, 0.1) is 20.8 Å². The van der Waals surface area contributed by atoms with E-state index in [-0.39, 0.29) is 10.8 Å². The molecule has 0 heterocycles. The molecular formula is C20H24N2O4S. The van der Waals surface area contributed by atoms with Crippen LogP contribution in [0.15, 0.2) is 47.4 Å². The van der Waals surface area contributed by atoms with Crippen molar-refractivity contribution in [1.82, 2.24) is 4.47 Å². The maximum absolute atomic E-state index is 12.1. The first-order valence-corrected chi connectivity index (χ1v) is 9.79. The van der Waals surface area contributed by atoms with Gasteiger partial charge >= 0.3 is 0 Å². The standard InChI is InChI=1S/C20H24N2O4S/c1-14-12-16(3)17(13-15(14)2)6-11-20(23)21-18-7-9-19(10-8-18)27(24,25)22(4)26-5/h6-13H,1-5H3,(H,21,23). The van der Waals surface area contributed by atoms with Gasteiger partial charge in [-0.2, -0.15) is 0 Å². The van der Waals surface area contributed by atoms with Crippen LogP contribution in [0.5, 0.6) is 0 Å². The molecule has 2 rings (SSSR count). The molecule has 27 heavy (non-hydrogen) atoms. The summed E-state index contributed by atoms with van der Waals surface area (Å²) in [6, 6.07) is 10.0. The largest absolute Gasteiger partial charge is 0.323 e. The molecule has 0 bridgehead atoms. The summed E-state index contributed by atoms with van der Waals surface area (Å²) in [7, 11) is -1.12. The van der Waals surface area contributed by atoms with E-state index in [0.717, 1.165) is 15.6 Å². The summed E-state index contributed by atoms with van der Waals surface area (Å²) in [5.74, 6) is -0.294. The van der Waals surface area contributed by atoms with E-state index in [0.29, 0.717) is 5.69 Å². The number of sulfonamides is 1. The Kier molecular flexibility index (Phi) is 6.54. The van der Waals surface area contributed by atoms with E-state index >= 15 is 0 Å². The minimum Gasteiger partial charge on any atom is -0.323 e. The average Bonchev–Trinajstić information content (AvgIpc) is 2.63. The lowest BCUT2D eigenvalue weighted by Gasteiger charge is -2.14. The Hall–Kier alpha value is -2.48. The summed E-state index contributed by atoms with van der Waals surface area (Å²) in [4.78, 5) is 16.9. The van der Waals surface area contributed by atoms with Gasteiger partial charge in [0.1, 0.15) is 0 Å². The SMILES string of the molecule is CON(C)S(=O)(=O)c1ccc(NC(=O)C=Cc2cc(C)c(C)cc2C)cc1. The Morgan fingerprint density at radius 3 is 2.22 bits per heavy atom. The molecule has 1 amide bonds. The van der Waals surface area contributed by atoms with Crippen LogP contribution in [-0.2, 0) is 19.7 Å². The highest BCUT2D eigenvalue weighted by molar-refractivity contribution is 7.89. The van der Waals surface area contributed by atoms with E-state index < -0.39 is 10.0 Å². The summed E-state index contributed by atoms with van der Waals surface area (Å²) in [5.41, 5.74) is 4.96. The van der Waals surface area contributed by atoms with Crippen molar-refractivity contribution >= 4 is 27.7 Å². The summed E-state index contributed by atoms with van der Waals surface area (Å²) in [6.45, 7) is 6.08. The zero-order valence-electron chi connectivity index (χ0n) is 16.1. The van der Waals surface area contributed by atoms with Gasteiger partial charge in [-0.05, 0) is 73.4 Å². The molecule has 0 aliphatic carbocycles. The lowest BCUT2D eigenvalue weighted by atomic mass is 10.0. The van der Waals surface area contributed by atoms with Gasteiger partial charge in [-0.1, -0.05) is 16.6 Å². The highest BCUT2D eigenvalue weighted by Crippen LogP contribution is 2.18. The second-order valence-corrected chi connectivity index (χ2v) is 8.17. The van der Waals surface area contributed by atoms with E-state index in [1.165, 1.54) is 55.6 Å². The topological polar surface area (TPSA) is 75.7 Å². The van der Waals surface area contributed by atoms with Crippen LogP contribution in [0.1, 0.15) is 22.3 Å². The summed E-state index contributed by atoms with van der Waals surface area (Å²) in [6.07, 6.45) is 3.23. The molecule has 0 atom stereocenters. The van der Waals surface area contributed by atoms with Gasteiger partial charge in [0.25, 0.3) is 10.0 Å². The number of hydroxylamine groups is 1. The number of hydrogen-bond acceptors (Lipinski definition) is 4. The molecule has 0 aliphatic heterocycles. The average molecular weight is 388 g/mol. The second-order valence-electron chi connectivity index (χ2n) is 6.24. The molecule has 0 radical (unpaired) electrons. The van der Waals surface area contributed by atoms with Crippen LogP contribution >= 0.6 is 0 Å². The molecule has 144 valence electrons. The number of anilines is 1. The molecule has 0 fully saturated rings. The zero-order valence-corrected chi connectivity index (χ0v) is 16.9. The fourth-order valence-electron chi connectivity index (χ4n) is 2.47. The number of benzene rings is 2. The first kappa shape index (κ1) is 20.8. The maximum atomic E-state index is 12.1. The molecule has 2 aromatic carbocycles. The fourth-order valence-corrected chi connectivity index (χ4v) is 3.44. The lowest BCUT2D eigenvalue weighted by Crippen LogP contribution is -2.25. The van der Waals surface area contributed by atoms with Gasteiger partial charge in [0.05, 0.1) is 12.0 Å². The molecular weight excluding hydrogens is 364 g/mol. The van der Waals surface area contributed by atoms with Crippen LogP contribution in [-0.4, -0.2) is 33.0 Å². The van der Waals surface area contributed by atoms with E-state index in [9.17, 15) is 13.2 Å². The highest BCUT2D eigenvalue weighted by Gasteiger charge is 2.20. The number of aryl methyl sites for hydroxylation is 3. The van der Waals surface area contributed by atoms with E-state index in [4.69, 9.17) is 4.84 Å². The van der Waals surface area contributed by atoms with Crippen molar-refractivity contribution in [1.29, 1.82) is 0 Å². The van der Waals surface area contributed by atoms with Gasteiger partial charge < -0.3 is 5.32 Å². The highest BCUT2D eigenvalue weighted by atomic mass is 32.2. The van der Waals surface area contributed by atoms with Crippen molar-refractivity contribution in [3.05, 3.63) is 64.7 Å². The number of carbonyl (C=O) groups is 1. The van der Waals surface area contributed by atoms with Gasteiger partial charge in [-0.15, -0.1) is 0 Å². The predicted octanol–water partition coefficient (Wildman–Crippen LogP) is 3.45. The Bertz CT molecular complexity index is 964. The quantitative estimate of drug-likeness (QED) is 0.607. The van der Waals surface area contributed by atoms with Crippen LogP contribution in [0.2, 0.25) is 0 Å². The maximum Gasteiger partial charge on any atom is 0.264 e. The van der Waals surface area contributed by atoms with Gasteiger partial charge in [-0.3, -0.25) is 9.63 Å². The van der Waals surface area contributed by atoms with Crippen molar-refractivity contribution in [2.45, 2.75) is 25.7 Å². The van der Waals surface area contributed by atoms with E-state index in [1.807, 2.05) is 19.9 Å². The first-order chi connectivity index (χ1) is 12.6. The minimum absolute atomic E-state index is 0.0751. The monoisotopic (exact) mass is 388 g/mol. The Balaban J connectivity index is 2.09. The first-order valence-electron chi connectivity index (χ1n) is 8.35. The van der Waals surface area contributed by atoms with E-state index in [2.05, 4.69) is 18.3 Å². The Labute approximate surface area is 160 Å². The van der Waals surface area contributed by atoms with Crippen LogP contribution in [0.3, 0.4) is 0 Å². The Morgan fingerprint density at radius 1 is 1.04 bits per heavy atom. The number of nitrogens with one attached hydrogen (secondary N) is 1. The van der Waals surface area contributed by atoms with Crippen LogP contribution < -0.4 is 5.32 Å². The normalized spacial score (nSPS) is 11.9. The van der Waals surface area contributed by atoms with Gasteiger partial charge in [-0.25, -0.2) is 8.42 Å². The molecule has 1 N–H and O–H groups in total. The second kappa shape index (κ2) is 8.47. The molecule has 0 unspecified atom stereocenters. The minimum atomic E-state index is -3.71. The smallest absolute Gasteiger partial charge is 0.264 e. The third kappa shape index (κ3) is 5.03. The molecule has 0 aromatic heterocycles. The summed E-state index contributed by atoms with van der Waals surface area (Å²) >= 11 is 0. The molecule has 2 aromatic rings. The van der Waals surface area contributed by atoms with Gasteiger partial charge in [0, 0.05) is 18.8 Å². The molecule has 7 heteroatoms. The number of hydrogen-bond donors (Lipinski definition) is 1. The number of nitrogens with zero attached hydrogens (tertiary/aromatic N) is 1. The van der Waals surface area contributed by atoms with Crippen molar-refractivity contribution in [2.75, 3.05) is 19.5 Å². The van der Waals surface area contributed by atoms with Gasteiger partial charge in [0.2, 0.25) is 5.91 Å². The molecule has 6 nitrogen and oxygen atoms in total. The summed E-state index contributed by atoms with van der Waals surface area (Å²) < 4.78 is 25.1. The molecule has 0 saturated carbocycles. The molecule has 0 saturated heterocycles. The van der Waals surface area contributed by atoms with Crippen molar-refractivity contribution in [3.63, 3.8) is 0 Å². The third-order valence-corrected chi connectivity index (χ3v) is 6.01. The number of rotatable bonds is 6. The lowest BCUT2D eigenvalue weighted by molar-refractivity contribution is -0.111. The van der Waals surface area contributed by atoms with Gasteiger partial charge in [0.15, 0.2) is 0 Å². The zero-order chi connectivity index (χ0) is 20.2.